The van der Waals surface area contributed by atoms with Crippen molar-refractivity contribution in [1.82, 2.24) is 14.7 Å². The number of amides is 2. The van der Waals surface area contributed by atoms with E-state index in [1.807, 2.05) is 4.90 Å². The molecule has 18 heteroatoms. The molecule has 16 nitrogen and oxygen atoms in total. The smallest absolute Gasteiger partial charge is 0.288 e. The fraction of sp³-hybridized carbons (Fsp3) is 0.500. The second-order valence-electron chi connectivity index (χ2n) is 14.2. The molecule has 2 amide bonds. The number of nitrogens with one attached hydrogen (secondary N) is 2. The van der Waals surface area contributed by atoms with Crippen LogP contribution in [0, 0.1) is 0 Å². The van der Waals surface area contributed by atoms with Crippen LogP contribution in [-0.2, 0) is 14.7 Å². The number of ether oxygens (including phenoxy) is 4. The molecule has 2 saturated heterocycles. The Bertz CT molecular complexity index is 1990. The van der Waals surface area contributed by atoms with E-state index in [1.54, 1.807) is 24.1 Å². The zero-order valence-corrected chi connectivity index (χ0v) is 32.4. The number of anilines is 2. The number of carbonyl (C=O) groups is 2. The predicted molar refractivity (Wildman–Crippen MR) is 204 cm³/mol. The molecule has 0 aliphatic carbocycles. The number of carbonyl (C=O) groups excluding carboxylic acids is 2. The molecule has 0 bridgehead atoms. The Morgan fingerprint density at radius 1 is 0.889 bits per heavy atom. The number of methoxy groups -OCH3 is 2. The van der Waals surface area contributed by atoms with Gasteiger partial charge in [0.05, 0.1) is 74.9 Å². The van der Waals surface area contributed by atoms with Crippen LogP contribution >= 0.6 is 7.14 Å². The quantitative estimate of drug-likeness (QED) is 0.117. The van der Waals surface area contributed by atoms with E-state index in [9.17, 15) is 32.2 Å². The summed E-state index contributed by atoms with van der Waals surface area (Å²) in [6.07, 6.45) is 1.34. The van der Waals surface area contributed by atoms with Crippen molar-refractivity contribution in [3.05, 3.63) is 59.7 Å². The van der Waals surface area contributed by atoms with Gasteiger partial charge in [-0.2, -0.15) is 8.42 Å². The summed E-state index contributed by atoms with van der Waals surface area (Å²) in [6.45, 7) is 9.37. The number of likely N-dealkylation sites (N-methyl/N-ethyl adjacent to an activating group) is 1. The minimum absolute atomic E-state index is 0.00784. The Hall–Kier alpha value is -4.28. The highest BCUT2D eigenvalue weighted by Crippen LogP contribution is 2.47. The average molecular weight is 790 g/mol. The second-order valence-corrected chi connectivity index (χ2v) is 19.0. The van der Waals surface area contributed by atoms with Crippen molar-refractivity contribution in [2.24, 2.45) is 0 Å². The molecule has 0 spiro atoms. The number of nitrogens with zero attached hydrogens (tertiary/aromatic N) is 3. The van der Waals surface area contributed by atoms with Crippen molar-refractivity contribution in [3.8, 4) is 23.0 Å². The zero-order chi connectivity index (χ0) is 38.9. The van der Waals surface area contributed by atoms with E-state index in [0.29, 0.717) is 48.0 Å². The average Bonchev–Trinajstić information content (AvgIpc) is 3.63. The maximum absolute atomic E-state index is 14.5. The highest BCUT2D eigenvalue weighted by molar-refractivity contribution is 7.86. The van der Waals surface area contributed by atoms with E-state index < -0.39 is 34.6 Å². The third-order valence-electron chi connectivity index (χ3n) is 10.2. The van der Waals surface area contributed by atoms with Gasteiger partial charge in [-0.1, -0.05) is 24.3 Å². The molecule has 294 valence electrons. The molecule has 4 atom stereocenters. The molecule has 4 aliphatic rings. The van der Waals surface area contributed by atoms with E-state index in [4.69, 9.17) is 18.9 Å². The first-order valence-electron chi connectivity index (χ1n) is 17.6. The fourth-order valence-electron chi connectivity index (χ4n) is 7.54. The summed E-state index contributed by atoms with van der Waals surface area (Å²) >= 11 is 0. The largest absolute Gasteiger partial charge is 0.493 e. The Labute approximate surface area is 315 Å². The number of fused-ring (bicyclic) bond motifs is 4. The third kappa shape index (κ3) is 8.20. The van der Waals surface area contributed by atoms with Crippen molar-refractivity contribution < 1.29 is 51.2 Å². The first-order chi connectivity index (χ1) is 25.6. The van der Waals surface area contributed by atoms with Gasteiger partial charge in [-0.05, 0) is 32.0 Å². The van der Waals surface area contributed by atoms with E-state index in [1.165, 1.54) is 31.3 Å². The lowest BCUT2D eigenvalue weighted by molar-refractivity contribution is 0.0740. The summed E-state index contributed by atoms with van der Waals surface area (Å²) in [4.78, 5) is 31.9. The Morgan fingerprint density at radius 3 is 2.04 bits per heavy atom. The van der Waals surface area contributed by atoms with Gasteiger partial charge in [-0.3, -0.25) is 19.0 Å². The summed E-state index contributed by atoms with van der Waals surface area (Å²) in [5.74, 6) is 0.559. The lowest BCUT2D eigenvalue weighted by atomic mass is 10.1. The lowest BCUT2D eigenvalue weighted by Gasteiger charge is -2.26. The van der Waals surface area contributed by atoms with Crippen LogP contribution in [0.5, 0.6) is 23.0 Å². The van der Waals surface area contributed by atoms with Gasteiger partial charge in [0.15, 0.2) is 28.4 Å². The van der Waals surface area contributed by atoms with Crippen molar-refractivity contribution in [2.45, 2.75) is 30.3 Å². The molecule has 6 rings (SSSR count). The first-order valence-corrected chi connectivity index (χ1v) is 21.4. The van der Waals surface area contributed by atoms with E-state index in [-0.39, 0.29) is 86.1 Å². The van der Waals surface area contributed by atoms with Gasteiger partial charge < -0.3 is 49.1 Å². The van der Waals surface area contributed by atoms with Crippen LogP contribution in [0.1, 0.15) is 33.6 Å². The molecule has 54 heavy (non-hydrogen) atoms. The highest BCUT2D eigenvalue weighted by atomic mass is 32.2. The van der Waals surface area contributed by atoms with Crippen LogP contribution in [0.15, 0.2) is 48.6 Å². The summed E-state index contributed by atoms with van der Waals surface area (Å²) in [7, 11) is -3.07. The Kier molecular flexibility index (Phi) is 11.6. The third-order valence-corrected chi connectivity index (χ3v) is 14.3. The number of rotatable bonds is 15. The molecule has 2 aromatic rings. The Balaban J connectivity index is 1.17. The number of benzene rings is 2. The molecule has 0 radical (unpaired) electrons. The van der Waals surface area contributed by atoms with Gasteiger partial charge in [0.2, 0.25) is 0 Å². The van der Waals surface area contributed by atoms with Gasteiger partial charge in [0, 0.05) is 50.6 Å². The van der Waals surface area contributed by atoms with Gasteiger partial charge in [0.1, 0.15) is 7.14 Å². The van der Waals surface area contributed by atoms with Crippen LogP contribution in [0.3, 0.4) is 0 Å². The monoisotopic (exact) mass is 789 g/mol. The van der Waals surface area contributed by atoms with E-state index in [0.717, 1.165) is 12.0 Å². The Morgan fingerprint density at radius 2 is 1.44 bits per heavy atom. The second kappa shape index (κ2) is 15.8. The molecule has 0 aromatic heterocycles. The summed E-state index contributed by atoms with van der Waals surface area (Å²) in [6, 6.07) is 5.41. The van der Waals surface area contributed by atoms with Crippen molar-refractivity contribution in [1.29, 1.82) is 0 Å². The van der Waals surface area contributed by atoms with Gasteiger partial charge in [0.25, 0.3) is 21.9 Å². The van der Waals surface area contributed by atoms with E-state index >= 15 is 0 Å². The van der Waals surface area contributed by atoms with Crippen molar-refractivity contribution in [3.63, 3.8) is 0 Å². The molecule has 2 fully saturated rings. The topological polar surface area (TPSA) is 197 Å². The lowest BCUT2D eigenvalue weighted by Crippen LogP contribution is -2.47. The van der Waals surface area contributed by atoms with Gasteiger partial charge in [-0.25, -0.2) is 0 Å². The standard InChI is InChI=1S/C36H48N5O11PS/c1-22-12-24-18-37-27-16-32(30(49-4)14-25(27)35(43)40(24)19-22)51-8-10-53(45,21-39(3)6-7-42)11-9-52-33-17-28-26(15-31(33)50-5)36(44)41-20-23(2)13-29(41)34(38-28)54(46,47)48/h14-17,24,29,34,37-38,42H,1-2,6-13,18-21H2,3-5H3,(H,46,47,48)/t24-,29-,34?,53?/m0/s1. The SMILES string of the molecule is C=C1C[C@H]2CNc3cc(OCCP(=O)(CCOc4cc5c(cc4OC)C(=O)N4CC(=C)C[C@H]4C(S(=O)(=O)O)N5)CN(C)CCO)c(OC)cc3C(=O)N2C1. The minimum Gasteiger partial charge on any atom is -0.493 e. The first kappa shape index (κ1) is 39.4. The number of aliphatic hydroxyl groups excluding tert-OH is 1. The van der Waals surface area contributed by atoms with E-state index in [2.05, 4.69) is 23.8 Å². The predicted octanol–water partition coefficient (Wildman–Crippen LogP) is 3.01. The zero-order valence-electron chi connectivity index (χ0n) is 30.7. The minimum atomic E-state index is -4.64. The number of hydrogen-bond acceptors (Lipinski definition) is 13. The van der Waals surface area contributed by atoms with Crippen LogP contribution in [0.4, 0.5) is 11.4 Å². The molecule has 4 heterocycles. The van der Waals surface area contributed by atoms with Crippen molar-refractivity contribution >= 4 is 40.4 Å². The molecular formula is C36H48N5O11PS. The molecule has 4 aliphatic heterocycles. The number of aliphatic hydroxyl groups is 1. The van der Waals surface area contributed by atoms with Gasteiger partial charge in [-0.15, -0.1) is 0 Å². The van der Waals surface area contributed by atoms with Crippen LogP contribution in [0.2, 0.25) is 0 Å². The summed E-state index contributed by atoms with van der Waals surface area (Å²) in [5.41, 5.74) is 3.04. The van der Waals surface area contributed by atoms with Crippen LogP contribution in [-0.4, -0.2) is 148 Å². The van der Waals surface area contributed by atoms with Crippen LogP contribution in [0.25, 0.3) is 0 Å². The molecule has 2 unspecified atom stereocenters. The maximum Gasteiger partial charge on any atom is 0.288 e. The maximum atomic E-state index is 14.5. The number of hydrogen-bond donors (Lipinski definition) is 4. The molecule has 2 aromatic carbocycles. The highest BCUT2D eigenvalue weighted by Gasteiger charge is 2.46. The van der Waals surface area contributed by atoms with Gasteiger partial charge >= 0.3 is 0 Å². The fourth-order valence-corrected chi connectivity index (χ4v) is 10.8. The summed E-state index contributed by atoms with van der Waals surface area (Å²) in [5, 5.41) is 14.2. The molecule has 0 saturated carbocycles. The molecular weight excluding hydrogens is 741 g/mol. The normalized spacial score (nSPS) is 21.9. The van der Waals surface area contributed by atoms with Crippen LogP contribution < -0.4 is 29.6 Å². The van der Waals surface area contributed by atoms with Crippen molar-refractivity contribution in [2.75, 3.05) is 96.5 Å². The molecule has 4 N–H and O–H groups in total. The summed E-state index contributed by atoms with van der Waals surface area (Å²) < 4.78 is 72.9.